The SMILES string of the molecule is CCN(CC)c1ccc(CNC2CCC2)cc1. The topological polar surface area (TPSA) is 15.3 Å². The third kappa shape index (κ3) is 3.22. The van der Waals surface area contributed by atoms with Crippen LogP contribution in [-0.4, -0.2) is 19.1 Å². The van der Waals surface area contributed by atoms with Gasteiger partial charge in [0.1, 0.15) is 0 Å². The van der Waals surface area contributed by atoms with Gasteiger partial charge in [-0.3, -0.25) is 0 Å². The van der Waals surface area contributed by atoms with Crippen LogP contribution in [0.1, 0.15) is 38.7 Å². The smallest absolute Gasteiger partial charge is 0.0366 e. The minimum Gasteiger partial charge on any atom is -0.372 e. The van der Waals surface area contributed by atoms with Crippen molar-refractivity contribution in [2.45, 2.75) is 45.7 Å². The number of hydrogen-bond donors (Lipinski definition) is 1. The second kappa shape index (κ2) is 6.06. The van der Waals surface area contributed by atoms with Crippen LogP contribution >= 0.6 is 0 Å². The Bertz CT molecular complexity index is 323. The molecule has 0 radical (unpaired) electrons. The van der Waals surface area contributed by atoms with Crippen molar-refractivity contribution in [3.63, 3.8) is 0 Å². The molecule has 0 atom stereocenters. The molecule has 0 saturated heterocycles. The zero-order chi connectivity index (χ0) is 12.1. The minimum atomic E-state index is 0.775. The molecule has 1 aromatic carbocycles. The Kier molecular flexibility index (Phi) is 4.43. The largest absolute Gasteiger partial charge is 0.372 e. The van der Waals surface area contributed by atoms with Crippen molar-refractivity contribution in [2.75, 3.05) is 18.0 Å². The molecule has 1 fully saturated rings. The molecule has 1 aliphatic rings. The maximum absolute atomic E-state index is 3.60. The Balaban J connectivity index is 1.87. The molecule has 0 heterocycles. The fourth-order valence-electron chi connectivity index (χ4n) is 2.29. The third-order valence-electron chi connectivity index (χ3n) is 3.76. The van der Waals surface area contributed by atoms with E-state index in [9.17, 15) is 0 Å². The number of anilines is 1. The van der Waals surface area contributed by atoms with Gasteiger partial charge in [0, 0.05) is 31.4 Å². The maximum atomic E-state index is 3.60. The average Bonchev–Trinajstić information content (AvgIpc) is 2.30. The normalized spacial score (nSPS) is 15.6. The van der Waals surface area contributed by atoms with Crippen LogP contribution < -0.4 is 10.2 Å². The zero-order valence-electron chi connectivity index (χ0n) is 11.1. The standard InChI is InChI=1S/C15H24N2/c1-3-17(4-2)15-10-8-13(9-11-15)12-16-14-6-5-7-14/h8-11,14,16H,3-7,12H2,1-2H3. The Labute approximate surface area is 105 Å². The fourth-order valence-corrected chi connectivity index (χ4v) is 2.29. The fraction of sp³-hybridized carbons (Fsp3) is 0.600. The van der Waals surface area contributed by atoms with E-state index in [1.807, 2.05) is 0 Å². The van der Waals surface area contributed by atoms with Crippen LogP contribution in [-0.2, 0) is 6.54 Å². The Hall–Kier alpha value is -1.02. The summed E-state index contributed by atoms with van der Waals surface area (Å²) in [6.45, 7) is 7.58. The lowest BCUT2D eigenvalue weighted by molar-refractivity contribution is 0.338. The molecule has 0 aromatic heterocycles. The van der Waals surface area contributed by atoms with E-state index in [1.165, 1.54) is 30.5 Å². The summed E-state index contributed by atoms with van der Waals surface area (Å²) in [7, 11) is 0. The van der Waals surface area contributed by atoms with Crippen molar-refractivity contribution < 1.29 is 0 Å². The van der Waals surface area contributed by atoms with E-state index in [0.717, 1.165) is 25.7 Å². The first-order valence-electron chi connectivity index (χ1n) is 6.90. The van der Waals surface area contributed by atoms with Crippen molar-refractivity contribution >= 4 is 5.69 Å². The minimum absolute atomic E-state index is 0.775. The van der Waals surface area contributed by atoms with Crippen LogP contribution in [0, 0.1) is 0 Å². The van der Waals surface area contributed by atoms with Crippen molar-refractivity contribution in [2.24, 2.45) is 0 Å². The van der Waals surface area contributed by atoms with Gasteiger partial charge >= 0.3 is 0 Å². The summed E-state index contributed by atoms with van der Waals surface area (Å²) in [6, 6.07) is 9.76. The van der Waals surface area contributed by atoms with Gasteiger partial charge in [-0.2, -0.15) is 0 Å². The van der Waals surface area contributed by atoms with E-state index in [-0.39, 0.29) is 0 Å². The zero-order valence-corrected chi connectivity index (χ0v) is 11.1. The summed E-state index contributed by atoms with van der Waals surface area (Å²) in [5, 5.41) is 3.60. The van der Waals surface area contributed by atoms with E-state index >= 15 is 0 Å². The Morgan fingerprint density at radius 1 is 1.12 bits per heavy atom. The molecule has 2 heteroatoms. The Morgan fingerprint density at radius 2 is 1.76 bits per heavy atom. The predicted molar refractivity (Wildman–Crippen MR) is 74.5 cm³/mol. The lowest BCUT2D eigenvalue weighted by Gasteiger charge is -2.26. The van der Waals surface area contributed by atoms with Gasteiger partial charge in [-0.1, -0.05) is 18.6 Å². The molecular formula is C15H24N2. The first-order valence-corrected chi connectivity index (χ1v) is 6.90. The number of nitrogens with one attached hydrogen (secondary N) is 1. The highest BCUT2D eigenvalue weighted by atomic mass is 15.1. The van der Waals surface area contributed by atoms with Crippen molar-refractivity contribution in [1.82, 2.24) is 5.32 Å². The lowest BCUT2D eigenvalue weighted by Crippen LogP contribution is -2.34. The van der Waals surface area contributed by atoms with Gasteiger partial charge in [0.05, 0.1) is 0 Å². The second-order valence-corrected chi connectivity index (χ2v) is 4.85. The van der Waals surface area contributed by atoms with Gasteiger partial charge in [-0.25, -0.2) is 0 Å². The molecule has 0 amide bonds. The summed E-state index contributed by atoms with van der Waals surface area (Å²) in [5.74, 6) is 0. The van der Waals surface area contributed by atoms with Crippen LogP contribution in [0.2, 0.25) is 0 Å². The molecule has 1 saturated carbocycles. The quantitative estimate of drug-likeness (QED) is 0.810. The molecule has 94 valence electrons. The monoisotopic (exact) mass is 232 g/mol. The van der Waals surface area contributed by atoms with Crippen LogP contribution in [0.15, 0.2) is 24.3 Å². The molecule has 0 bridgehead atoms. The first-order chi connectivity index (χ1) is 8.33. The summed E-state index contributed by atoms with van der Waals surface area (Å²) in [4.78, 5) is 2.38. The van der Waals surface area contributed by atoms with Crippen molar-refractivity contribution in [1.29, 1.82) is 0 Å². The first kappa shape index (κ1) is 12.4. The van der Waals surface area contributed by atoms with Crippen LogP contribution in [0.5, 0.6) is 0 Å². The number of nitrogens with zero attached hydrogens (tertiary/aromatic N) is 1. The number of rotatable bonds is 6. The van der Waals surface area contributed by atoms with Crippen LogP contribution in [0.25, 0.3) is 0 Å². The molecule has 0 spiro atoms. The average molecular weight is 232 g/mol. The highest BCUT2D eigenvalue weighted by Gasteiger charge is 2.15. The second-order valence-electron chi connectivity index (χ2n) is 4.85. The van der Waals surface area contributed by atoms with E-state index < -0.39 is 0 Å². The highest BCUT2D eigenvalue weighted by molar-refractivity contribution is 5.47. The molecule has 17 heavy (non-hydrogen) atoms. The predicted octanol–water partition coefficient (Wildman–Crippen LogP) is 3.17. The van der Waals surface area contributed by atoms with Gasteiger partial charge in [-0.05, 0) is 44.4 Å². The van der Waals surface area contributed by atoms with E-state index in [1.54, 1.807) is 0 Å². The third-order valence-corrected chi connectivity index (χ3v) is 3.76. The van der Waals surface area contributed by atoms with E-state index in [4.69, 9.17) is 0 Å². The van der Waals surface area contributed by atoms with Gasteiger partial charge in [-0.15, -0.1) is 0 Å². The molecule has 1 N–H and O–H groups in total. The van der Waals surface area contributed by atoms with Crippen molar-refractivity contribution in [3.8, 4) is 0 Å². The number of hydrogen-bond acceptors (Lipinski definition) is 2. The van der Waals surface area contributed by atoms with Gasteiger partial charge in [0.2, 0.25) is 0 Å². The molecule has 0 unspecified atom stereocenters. The molecular weight excluding hydrogens is 208 g/mol. The van der Waals surface area contributed by atoms with Crippen LogP contribution in [0.3, 0.4) is 0 Å². The van der Waals surface area contributed by atoms with Gasteiger partial charge in [0.25, 0.3) is 0 Å². The lowest BCUT2D eigenvalue weighted by atomic mass is 9.93. The summed E-state index contributed by atoms with van der Waals surface area (Å²) < 4.78 is 0. The summed E-state index contributed by atoms with van der Waals surface area (Å²) in [6.07, 6.45) is 4.12. The van der Waals surface area contributed by atoms with Crippen molar-refractivity contribution in [3.05, 3.63) is 29.8 Å². The molecule has 2 nitrogen and oxygen atoms in total. The summed E-state index contributed by atoms with van der Waals surface area (Å²) in [5.41, 5.74) is 2.73. The van der Waals surface area contributed by atoms with E-state index in [2.05, 4.69) is 48.3 Å². The van der Waals surface area contributed by atoms with Gasteiger partial charge in [0.15, 0.2) is 0 Å². The Morgan fingerprint density at radius 3 is 2.24 bits per heavy atom. The van der Waals surface area contributed by atoms with E-state index in [0.29, 0.717) is 0 Å². The molecule has 0 aliphatic heterocycles. The molecule has 1 aromatic rings. The highest BCUT2D eigenvalue weighted by Crippen LogP contribution is 2.19. The number of benzene rings is 1. The summed E-state index contributed by atoms with van der Waals surface area (Å²) >= 11 is 0. The van der Waals surface area contributed by atoms with Gasteiger partial charge < -0.3 is 10.2 Å². The van der Waals surface area contributed by atoms with Crippen LogP contribution in [0.4, 0.5) is 5.69 Å². The molecule has 2 rings (SSSR count). The molecule has 1 aliphatic carbocycles. The maximum Gasteiger partial charge on any atom is 0.0366 e.